The molecule has 0 saturated carbocycles. The fourth-order valence-electron chi connectivity index (χ4n) is 12.4. The molecule has 11 aromatic carbocycles. The molecule has 0 heterocycles. The molecule has 0 fully saturated rings. The third kappa shape index (κ3) is 4.56. The van der Waals surface area contributed by atoms with Gasteiger partial charge in [-0.2, -0.15) is 0 Å². The molecule has 1 nitrogen and oxygen atoms in total. The number of fused-ring (bicyclic) bond motifs is 20. The minimum absolute atomic E-state index is 0.0536. The molecule has 1 spiro atoms. The highest BCUT2D eigenvalue weighted by molar-refractivity contribution is 6.27. The molecule has 14 rings (SSSR count). The Morgan fingerprint density at radius 3 is 1.56 bits per heavy atom. The van der Waals surface area contributed by atoms with E-state index in [1.54, 1.807) is 0 Å². The SMILES string of the molecule is CC1C=CC2=C(C1N(c1ccc3c4ccccc4c4ccccc4c3c1)c1cc3ccc4ccccc4c3c3ccccc13)C1(c3ccccc32)c2ccccc2-c2ccccc21. The largest absolute Gasteiger partial charge is 0.333 e. The van der Waals surface area contributed by atoms with Gasteiger partial charge in [-0.1, -0.05) is 207 Å². The average molecular weight is 800 g/mol. The van der Waals surface area contributed by atoms with Crippen molar-refractivity contribution in [3.8, 4) is 11.1 Å². The van der Waals surface area contributed by atoms with Crippen molar-refractivity contribution in [2.75, 3.05) is 4.90 Å². The highest BCUT2D eigenvalue weighted by Crippen LogP contribution is 2.65. The Morgan fingerprint density at radius 2 is 0.889 bits per heavy atom. The molecule has 294 valence electrons. The molecule has 0 saturated heterocycles. The van der Waals surface area contributed by atoms with E-state index in [0.29, 0.717) is 0 Å². The van der Waals surface area contributed by atoms with Crippen LogP contribution in [0.3, 0.4) is 0 Å². The van der Waals surface area contributed by atoms with Crippen LogP contribution in [0.2, 0.25) is 0 Å². The van der Waals surface area contributed by atoms with E-state index in [1.807, 2.05) is 0 Å². The first-order chi connectivity index (χ1) is 31.2. The van der Waals surface area contributed by atoms with E-state index >= 15 is 0 Å². The van der Waals surface area contributed by atoms with Gasteiger partial charge in [-0.3, -0.25) is 0 Å². The topological polar surface area (TPSA) is 3.24 Å². The fraction of sp³-hybridized carbons (Fsp3) is 0.0645. The van der Waals surface area contributed by atoms with Gasteiger partial charge in [0.2, 0.25) is 0 Å². The maximum atomic E-state index is 2.76. The van der Waals surface area contributed by atoms with Crippen molar-refractivity contribution in [1.82, 2.24) is 0 Å². The van der Waals surface area contributed by atoms with Crippen LogP contribution in [0.25, 0.3) is 81.3 Å². The maximum absolute atomic E-state index is 2.76. The summed E-state index contributed by atoms with van der Waals surface area (Å²) < 4.78 is 0. The van der Waals surface area contributed by atoms with Gasteiger partial charge in [0.1, 0.15) is 0 Å². The minimum Gasteiger partial charge on any atom is -0.333 e. The van der Waals surface area contributed by atoms with E-state index in [-0.39, 0.29) is 12.0 Å². The molecule has 2 atom stereocenters. The van der Waals surface area contributed by atoms with Crippen molar-refractivity contribution < 1.29 is 0 Å². The van der Waals surface area contributed by atoms with Gasteiger partial charge < -0.3 is 4.90 Å². The Labute approximate surface area is 366 Å². The van der Waals surface area contributed by atoms with Gasteiger partial charge in [0.05, 0.1) is 17.1 Å². The molecule has 11 aromatic rings. The predicted octanol–water partition coefficient (Wildman–Crippen LogP) is 16.1. The zero-order valence-corrected chi connectivity index (χ0v) is 34.9. The van der Waals surface area contributed by atoms with Crippen LogP contribution in [0.1, 0.15) is 29.2 Å². The predicted molar refractivity (Wildman–Crippen MR) is 267 cm³/mol. The molecule has 1 heteroatoms. The quantitative estimate of drug-likeness (QED) is 0.161. The summed E-state index contributed by atoms with van der Waals surface area (Å²) in [6.45, 7) is 2.45. The van der Waals surface area contributed by atoms with Gasteiger partial charge in [0.25, 0.3) is 0 Å². The molecule has 0 aliphatic heterocycles. The van der Waals surface area contributed by atoms with E-state index in [1.165, 1.54) is 121 Å². The summed E-state index contributed by atoms with van der Waals surface area (Å²) in [5.74, 6) is 0.157. The van der Waals surface area contributed by atoms with Crippen molar-refractivity contribution in [3.05, 3.63) is 246 Å². The van der Waals surface area contributed by atoms with Crippen molar-refractivity contribution in [2.45, 2.75) is 18.4 Å². The summed E-state index contributed by atoms with van der Waals surface area (Å²) in [4.78, 5) is 2.76. The van der Waals surface area contributed by atoms with Gasteiger partial charge in [-0.15, -0.1) is 0 Å². The lowest BCUT2D eigenvalue weighted by molar-refractivity contribution is 0.537. The van der Waals surface area contributed by atoms with Gasteiger partial charge in [0, 0.05) is 11.1 Å². The number of anilines is 2. The average Bonchev–Trinajstić information content (AvgIpc) is 3.82. The summed E-state index contributed by atoms with van der Waals surface area (Å²) in [5.41, 5.74) is 12.9. The van der Waals surface area contributed by atoms with Crippen LogP contribution >= 0.6 is 0 Å². The zero-order valence-electron chi connectivity index (χ0n) is 34.9. The Bertz CT molecular complexity index is 3760. The van der Waals surface area contributed by atoms with Crippen LogP contribution < -0.4 is 4.90 Å². The molecule has 3 aliphatic carbocycles. The molecule has 0 aromatic heterocycles. The third-order valence-electron chi connectivity index (χ3n) is 14.9. The summed E-state index contributed by atoms with van der Waals surface area (Å²) in [6.07, 6.45) is 4.94. The van der Waals surface area contributed by atoms with E-state index in [4.69, 9.17) is 0 Å². The van der Waals surface area contributed by atoms with Crippen LogP contribution in [0.4, 0.5) is 11.4 Å². The first-order valence-electron chi connectivity index (χ1n) is 22.4. The molecule has 3 aliphatic rings. The summed E-state index contributed by atoms with van der Waals surface area (Å²) >= 11 is 0. The van der Waals surface area contributed by atoms with Crippen LogP contribution in [0.15, 0.2) is 224 Å². The van der Waals surface area contributed by atoms with Crippen molar-refractivity contribution in [3.63, 3.8) is 0 Å². The Hall–Kier alpha value is -7.74. The van der Waals surface area contributed by atoms with Crippen LogP contribution in [-0.4, -0.2) is 6.04 Å². The lowest BCUT2D eigenvalue weighted by Crippen LogP contribution is -2.45. The highest BCUT2D eigenvalue weighted by Gasteiger charge is 2.56. The third-order valence-corrected chi connectivity index (χ3v) is 14.9. The molecule has 63 heavy (non-hydrogen) atoms. The molecule has 0 N–H and O–H groups in total. The van der Waals surface area contributed by atoms with Gasteiger partial charge >= 0.3 is 0 Å². The summed E-state index contributed by atoms with van der Waals surface area (Å²) in [5, 5.41) is 15.3. The Kier molecular flexibility index (Phi) is 7.15. The Morgan fingerprint density at radius 1 is 0.397 bits per heavy atom. The molecule has 2 unspecified atom stereocenters. The molecule has 0 radical (unpaired) electrons. The Balaban J connectivity index is 1.14. The maximum Gasteiger partial charge on any atom is 0.0708 e. The minimum atomic E-state index is -0.482. The van der Waals surface area contributed by atoms with E-state index in [0.717, 1.165) is 0 Å². The standard InChI is InChI=1S/C62H41N/c1-38-30-34-53-50-24-12-15-29-57(50)62(55-27-13-10-22-48(55)49-23-11-14-28-56(49)62)60(53)61(38)63(41-33-35-47-45-20-5-4-18-43(45)44-19-6-7-21-46(44)54(47)37-41)58-36-40-32-31-39-16-2-3-17-42(39)59(40)52-26-9-8-25-51(52)58/h2-38,61H,1H3. The van der Waals surface area contributed by atoms with Gasteiger partial charge in [-0.05, 0) is 128 Å². The first-order valence-corrected chi connectivity index (χ1v) is 22.4. The zero-order chi connectivity index (χ0) is 41.4. The van der Waals surface area contributed by atoms with Crippen molar-refractivity contribution in [1.29, 1.82) is 0 Å². The fourth-order valence-corrected chi connectivity index (χ4v) is 12.4. The molecular formula is C62H41N. The normalized spacial score (nSPS) is 17.0. The van der Waals surface area contributed by atoms with E-state index in [9.17, 15) is 0 Å². The monoisotopic (exact) mass is 799 g/mol. The van der Waals surface area contributed by atoms with E-state index < -0.39 is 5.41 Å². The second-order valence-corrected chi connectivity index (χ2v) is 17.9. The number of nitrogens with zero attached hydrogens (tertiary/aromatic N) is 1. The summed E-state index contributed by atoms with van der Waals surface area (Å²) in [6, 6.07) is 78.1. The van der Waals surface area contributed by atoms with Crippen molar-refractivity contribution in [2.24, 2.45) is 5.92 Å². The molecular weight excluding hydrogens is 759 g/mol. The van der Waals surface area contributed by atoms with Crippen LogP contribution in [-0.2, 0) is 5.41 Å². The van der Waals surface area contributed by atoms with Gasteiger partial charge in [-0.25, -0.2) is 0 Å². The second-order valence-electron chi connectivity index (χ2n) is 17.9. The number of allylic oxidation sites excluding steroid dienone is 2. The lowest BCUT2D eigenvalue weighted by Gasteiger charge is -2.46. The highest BCUT2D eigenvalue weighted by atomic mass is 15.2. The van der Waals surface area contributed by atoms with Crippen LogP contribution in [0, 0.1) is 5.92 Å². The second kappa shape index (κ2) is 12.9. The lowest BCUT2D eigenvalue weighted by atomic mass is 9.65. The smallest absolute Gasteiger partial charge is 0.0708 e. The number of hydrogen-bond donors (Lipinski definition) is 0. The van der Waals surface area contributed by atoms with Crippen molar-refractivity contribution >= 4 is 81.6 Å². The number of benzene rings is 11. The van der Waals surface area contributed by atoms with E-state index in [2.05, 4.69) is 230 Å². The molecule has 0 bridgehead atoms. The number of hydrogen-bond acceptors (Lipinski definition) is 1. The molecule has 0 amide bonds. The first kappa shape index (κ1) is 34.9. The van der Waals surface area contributed by atoms with Gasteiger partial charge in [0.15, 0.2) is 0 Å². The summed E-state index contributed by atoms with van der Waals surface area (Å²) in [7, 11) is 0. The number of rotatable bonds is 3. The van der Waals surface area contributed by atoms with Crippen LogP contribution in [0.5, 0.6) is 0 Å².